The molecule has 0 aliphatic heterocycles. The van der Waals surface area contributed by atoms with Crippen molar-refractivity contribution in [1.82, 2.24) is 5.32 Å². The summed E-state index contributed by atoms with van der Waals surface area (Å²) < 4.78 is 5.51. The van der Waals surface area contributed by atoms with Gasteiger partial charge in [-0.1, -0.05) is 33.6 Å². The lowest BCUT2D eigenvalue weighted by Gasteiger charge is -2.15. The van der Waals surface area contributed by atoms with E-state index in [9.17, 15) is 0 Å². The number of rotatable bonds is 11. The van der Waals surface area contributed by atoms with E-state index in [1.807, 2.05) is 0 Å². The van der Waals surface area contributed by atoms with Crippen LogP contribution in [0.4, 0.5) is 0 Å². The fourth-order valence-electron chi connectivity index (χ4n) is 1.63. The van der Waals surface area contributed by atoms with Crippen molar-refractivity contribution in [3.05, 3.63) is 0 Å². The van der Waals surface area contributed by atoms with Gasteiger partial charge in [-0.25, -0.2) is 0 Å². The quantitative estimate of drug-likeness (QED) is 0.534. The van der Waals surface area contributed by atoms with Crippen molar-refractivity contribution >= 4 is 0 Å². The van der Waals surface area contributed by atoms with E-state index in [2.05, 4.69) is 26.1 Å². The van der Waals surface area contributed by atoms with Gasteiger partial charge in [0, 0.05) is 19.3 Å². The highest BCUT2D eigenvalue weighted by molar-refractivity contribution is 4.63. The van der Waals surface area contributed by atoms with Gasteiger partial charge in [-0.2, -0.15) is 0 Å². The standard InChI is InChI=1S/C13H29NO/c1-4-7-11-15-12-8-10-14-13(6-3)9-5-2/h13-14H,4-12H2,1-3H3. The molecule has 0 spiro atoms. The van der Waals surface area contributed by atoms with Crippen molar-refractivity contribution in [3.8, 4) is 0 Å². The zero-order valence-electron chi connectivity index (χ0n) is 10.8. The van der Waals surface area contributed by atoms with Gasteiger partial charge in [0.25, 0.3) is 0 Å². The zero-order valence-corrected chi connectivity index (χ0v) is 10.8. The smallest absolute Gasteiger partial charge is 0.0478 e. The van der Waals surface area contributed by atoms with Gasteiger partial charge in [-0.3, -0.25) is 0 Å². The highest BCUT2D eigenvalue weighted by Gasteiger charge is 2.02. The molecule has 0 bridgehead atoms. The molecule has 0 aromatic rings. The number of hydrogen-bond acceptors (Lipinski definition) is 2. The van der Waals surface area contributed by atoms with Crippen LogP contribution in [0, 0.1) is 0 Å². The van der Waals surface area contributed by atoms with Gasteiger partial charge in [-0.05, 0) is 32.2 Å². The molecular formula is C13H29NO. The summed E-state index contributed by atoms with van der Waals surface area (Å²) >= 11 is 0. The van der Waals surface area contributed by atoms with Gasteiger partial charge in [0.05, 0.1) is 0 Å². The Labute approximate surface area is 95.8 Å². The van der Waals surface area contributed by atoms with Crippen LogP contribution in [0.1, 0.15) is 59.3 Å². The van der Waals surface area contributed by atoms with Crippen molar-refractivity contribution in [2.24, 2.45) is 0 Å². The molecule has 0 heterocycles. The van der Waals surface area contributed by atoms with E-state index in [-0.39, 0.29) is 0 Å². The van der Waals surface area contributed by atoms with E-state index in [0.29, 0.717) is 6.04 Å². The van der Waals surface area contributed by atoms with Gasteiger partial charge in [-0.15, -0.1) is 0 Å². The van der Waals surface area contributed by atoms with Gasteiger partial charge in [0.1, 0.15) is 0 Å². The summed E-state index contributed by atoms with van der Waals surface area (Å²) in [5.74, 6) is 0. The molecule has 0 aliphatic carbocycles. The predicted molar refractivity (Wildman–Crippen MR) is 67.3 cm³/mol. The van der Waals surface area contributed by atoms with Gasteiger partial charge in [0.2, 0.25) is 0 Å². The summed E-state index contributed by atoms with van der Waals surface area (Å²) in [4.78, 5) is 0. The third-order valence-electron chi connectivity index (χ3n) is 2.67. The second-order valence-electron chi connectivity index (χ2n) is 4.17. The van der Waals surface area contributed by atoms with Crippen LogP contribution in [-0.4, -0.2) is 25.8 Å². The first-order valence-corrected chi connectivity index (χ1v) is 6.66. The van der Waals surface area contributed by atoms with Gasteiger partial charge >= 0.3 is 0 Å². The Morgan fingerprint density at radius 3 is 2.33 bits per heavy atom. The van der Waals surface area contributed by atoms with E-state index in [1.165, 1.54) is 32.1 Å². The summed E-state index contributed by atoms with van der Waals surface area (Å²) in [5, 5.41) is 3.58. The Morgan fingerprint density at radius 1 is 1.00 bits per heavy atom. The molecule has 2 heteroatoms. The minimum Gasteiger partial charge on any atom is -0.381 e. The second-order valence-corrected chi connectivity index (χ2v) is 4.17. The molecule has 0 radical (unpaired) electrons. The van der Waals surface area contributed by atoms with Crippen LogP contribution in [0.15, 0.2) is 0 Å². The predicted octanol–water partition coefficient (Wildman–Crippen LogP) is 3.36. The van der Waals surface area contributed by atoms with Crippen molar-refractivity contribution in [2.75, 3.05) is 19.8 Å². The topological polar surface area (TPSA) is 21.3 Å². The third-order valence-corrected chi connectivity index (χ3v) is 2.67. The summed E-state index contributed by atoms with van der Waals surface area (Å²) in [6.07, 6.45) is 7.38. The number of unbranched alkanes of at least 4 members (excludes halogenated alkanes) is 1. The molecule has 1 atom stereocenters. The summed E-state index contributed by atoms with van der Waals surface area (Å²) in [5.41, 5.74) is 0. The highest BCUT2D eigenvalue weighted by Crippen LogP contribution is 2.00. The Kier molecular flexibility index (Phi) is 11.9. The summed E-state index contributed by atoms with van der Waals surface area (Å²) in [6, 6.07) is 0.714. The Bertz CT molecular complexity index is 117. The number of ether oxygens (including phenoxy) is 1. The first-order valence-electron chi connectivity index (χ1n) is 6.66. The molecule has 15 heavy (non-hydrogen) atoms. The lowest BCUT2D eigenvalue weighted by Crippen LogP contribution is -2.29. The highest BCUT2D eigenvalue weighted by atomic mass is 16.5. The molecule has 0 amide bonds. The first-order chi connectivity index (χ1) is 7.35. The maximum atomic E-state index is 5.51. The van der Waals surface area contributed by atoms with Crippen LogP contribution >= 0.6 is 0 Å². The van der Waals surface area contributed by atoms with Gasteiger partial charge < -0.3 is 10.1 Å². The van der Waals surface area contributed by atoms with Crippen LogP contribution < -0.4 is 5.32 Å². The molecule has 0 aromatic carbocycles. The maximum absolute atomic E-state index is 5.51. The lowest BCUT2D eigenvalue weighted by atomic mass is 10.1. The molecular weight excluding hydrogens is 186 g/mol. The Hall–Kier alpha value is -0.0800. The summed E-state index contributed by atoms with van der Waals surface area (Å²) in [6.45, 7) is 9.65. The van der Waals surface area contributed by atoms with Crippen molar-refractivity contribution in [1.29, 1.82) is 0 Å². The molecule has 0 aliphatic rings. The molecule has 1 N–H and O–H groups in total. The monoisotopic (exact) mass is 215 g/mol. The molecule has 92 valence electrons. The number of hydrogen-bond donors (Lipinski definition) is 1. The van der Waals surface area contributed by atoms with Crippen molar-refractivity contribution < 1.29 is 4.74 Å². The van der Waals surface area contributed by atoms with Crippen LogP contribution in [0.2, 0.25) is 0 Å². The van der Waals surface area contributed by atoms with Crippen LogP contribution in [0.25, 0.3) is 0 Å². The van der Waals surface area contributed by atoms with Crippen molar-refractivity contribution in [3.63, 3.8) is 0 Å². The minimum atomic E-state index is 0.714. The first kappa shape index (κ1) is 14.9. The Morgan fingerprint density at radius 2 is 1.73 bits per heavy atom. The average molecular weight is 215 g/mol. The molecule has 0 aromatic heterocycles. The molecule has 0 fully saturated rings. The van der Waals surface area contributed by atoms with E-state index in [4.69, 9.17) is 4.74 Å². The average Bonchev–Trinajstić information content (AvgIpc) is 2.26. The van der Waals surface area contributed by atoms with E-state index in [0.717, 1.165) is 26.2 Å². The van der Waals surface area contributed by atoms with E-state index >= 15 is 0 Å². The molecule has 2 nitrogen and oxygen atoms in total. The lowest BCUT2D eigenvalue weighted by molar-refractivity contribution is 0.128. The van der Waals surface area contributed by atoms with E-state index < -0.39 is 0 Å². The minimum absolute atomic E-state index is 0.714. The molecule has 1 unspecified atom stereocenters. The summed E-state index contributed by atoms with van der Waals surface area (Å²) in [7, 11) is 0. The van der Waals surface area contributed by atoms with Crippen LogP contribution in [0.5, 0.6) is 0 Å². The third kappa shape index (κ3) is 10.2. The molecule has 0 saturated carbocycles. The molecule has 0 saturated heterocycles. The van der Waals surface area contributed by atoms with Crippen molar-refractivity contribution in [2.45, 2.75) is 65.3 Å². The fraction of sp³-hybridized carbons (Fsp3) is 1.00. The Balaban J connectivity index is 3.14. The largest absolute Gasteiger partial charge is 0.381 e. The number of nitrogens with one attached hydrogen (secondary N) is 1. The van der Waals surface area contributed by atoms with Crippen LogP contribution in [0.3, 0.4) is 0 Å². The normalized spacial score (nSPS) is 13.0. The maximum Gasteiger partial charge on any atom is 0.0478 e. The zero-order chi connectivity index (χ0) is 11.4. The van der Waals surface area contributed by atoms with Gasteiger partial charge in [0.15, 0.2) is 0 Å². The van der Waals surface area contributed by atoms with E-state index in [1.54, 1.807) is 0 Å². The fourth-order valence-corrected chi connectivity index (χ4v) is 1.63. The van der Waals surface area contributed by atoms with Crippen LogP contribution in [-0.2, 0) is 4.74 Å². The molecule has 0 rings (SSSR count). The SMILES string of the molecule is CCCCOCCCNC(CC)CCC. The second kappa shape index (κ2) is 12.0.